The summed E-state index contributed by atoms with van der Waals surface area (Å²) >= 11 is 4.64. The van der Waals surface area contributed by atoms with Gasteiger partial charge in [-0.1, -0.05) is 25.6 Å². The molecule has 4 heteroatoms. The number of nitrogens with two attached hydrogens (primary N) is 1. The van der Waals surface area contributed by atoms with Crippen molar-refractivity contribution < 1.29 is 9.84 Å². The molecule has 0 amide bonds. The molecule has 72 valence electrons. The summed E-state index contributed by atoms with van der Waals surface area (Å²) in [7, 11) is 0. The van der Waals surface area contributed by atoms with Gasteiger partial charge >= 0.3 is 0 Å². The molecule has 3 N–H and O–H groups in total. The van der Waals surface area contributed by atoms with Gasteiger partial charge in [0.05, 0.1) is 17.7 Å². The minimum absolute atomic E-state index is 0.331. The maximum absolute atomic E-state index is 9.23. The van der Waals surface area contributed by atoms with Crippen LogP contribution >= 0.6 is 12.2 Å². The molecule has 0 spiro atoms. The average molecular weight is 191 g/mol. The van der Waals surface area contributed by atoms with E-state index in [4.69, 9.17) is 10.5 Å². The molecule has 12 heavy (non-hydrogen) atoms. The predicted molar refractivity (Wildman–Crippen MR) is 53.1 cm³/mol. The van der Waals surface area contributed by atoms with Crippen LogP contribution in [0.5, 0.6) is 0 Å². The molecular weight excluding hydrogens is 174 g/mol. The second-order valence-electron chi connectivity index (χ2n) is 2.75. The zero-order valence-electron chi connectivity index (χ0n) is 7.45. The normalized spacial score (nSPS) is 12.8. The van der Waals surface area contributed by atoms with Crippen molar-refractivity contribution in [2.45, 2.75) is 32.3 Å². The maximum Gasteiger partial charge on any atom is 0.0836 e. The van der Waals surface area contributed by atoms with Crippen LogP contribution < -0.4 is 5.73 Å². The molecular formula is C8H17NO2S. The molecule has 0 radical (unpaired) electrons. The van der Waals surface area contributed by atoms with Gasteiger partial charge in [0.2, 0.25) is 0 Å². The summed E-state index contributed by atoms with van der Waals surface area (Å²) in [6.45, 7) is 3.12. The number of aliphatic hydroxyl groups excluding tert-OH is 1. The Morgan fingerprint density at radius 3 is 2.83 bits per heavy atom. The number of hydrogen-bond acceptors (Lipinski definition) is 3. The molecule has 0 fully saturated rings. The molecule has 3 nitrogen and oxygen atoms in total. The van der Waals surface area contributed by atoms with Crippen LogP contribution in [0.2, 0.25) is 0 Å². The van der Waals surface area contributed by atoms with E-state index in [1.165, 1.54) is 0 Å². The molecule has 0 saturated heterocycles. The topological polar surface area (TPSA) is 55.5 Å². The van der Waals surface area contributed by atoms with Gasteiger partial charge in [-0.2, -0.15) is 0 Å². The van der Waals surface area contributed by atoms with Crippen LogP contribution in [0, 0.1) is 0 Å². The Kier molecular flexibility index (Phi) is 7.34. The summed E-state index contributed by atoms with van der Waals surface area (Å²) in [4.78, 5) is 0.335. The second-order valence-corrected chi connectivity index (χ2v) is 3.28. The highest BCUT2D eigenvalue weighted by atomic mass is 32.1. The quantitative estimate of drug-likeness (QED) is 0.462. The highest BCUT2D eigenvalue weighted by Gasteiger charge is 2.04. The Hall–Kier alpha value is -0.190. The average Bonchev–Trinajstić information content (AvgIpc) is 1.97. The SMILES string of the molecule is CCCCOCC(O)CC(N)=S. The molecule has 0 saturated carbocycles. The van der Waals surface area contributed by atoms with E-state index in [1.807, 2.05) is 0 Å². The minimum Gasteiger partial charge on any atom is -0.393 e. The standard InChI is InChI=1S/C8H17NO2S/c1-2-3-4-11-6-7(10)5-8(9)12/h7,10H,2-6H2,1H3,(H2,9,12). The molecule has 0 rings (SSSR count). The van der Waals surface area contributed by atoms with Crippen molar-refractivity contribution in [2.24, 2.45) is 5.73 Å². The lowest BCUT2D eigenvalue weighted by Crippen LogP contribution is -2.22. The van der Waals surface area contributed by atoms with Gasteiger partial charge in [0.1, 0.15) is 0 Å². The number of hydrogen-bond donors (Lipinski definition) is 2. The highest BCUT2D eigenvalue weighted by molar-refractivity contribution is 7.80. The van der Waals surface area contributed by atoms with E-state index in [1.54, 1.807) is 0 Å². The van der Waals surface area contributed by atoms with Crippen molar-refractivity contribution in [3.63, 3.8) is 0 Å². The third-order valence-electron chi connectivity index (χ3n) is 1.39. The van der Waals surface area contributed by atoms with Gasteiger partial charge < -0.3 is 15.6 Å². The highest BCUT2D eigenvalue weighted by Crippen LogP contribution is 1.94. The molecule has 1 unspecified atom stereocenters. The van der Waals surface area contributed by atoms with Gasteiger partial charge in [-0.15, -0.1) is 0 Å². The monoisotopic (exact) mass is 191 g/mol. The number of ether oxygens (including phenoxy) is 1. The summed E-state index contributed by atoms with van der Waals surface area (Å²) in [6, 6.07) is 0. The van der Waals surface area contributed by atoms with E-state index in [0.29, 0.717) is 24.6 Å². The van der Waals surface area contributed by atoms with Crippen molar-refractivity contribution in [1.82, 2.24) is 0 Å². The molecule has 0 aromatic heterocycles. The van der Waals surface area contributed by atoms with Crippen LogP contribution in [0.4, 0.5) is 0 Å². The lowest BCUT2D eigenvalue weighted by Gasteiger charge is -2.09. The third-order valence-corrected chi connectivity index (χ3v) is 1.56. The Morgan fingerprint density at radius 2 is 2.33 bits per heavy atom. The van der Waals surface area contributed by atoms with Gasteiger partial charge in [-0.05, 0) is 6.42 Å². The molecule has 0 aliphatic heterocycles. The fourth-order valence-electron chi connectivity index (χ4n) is 0.757. The van der Waals surface area contributed by atoms with Crippen LogP contribution in [-0.4, -0.2) is 29.4 Å². The summed E-state index contributed by atoms with van der Waals surface area (Å²) < 4.78 is 5.17. The number of thiocarbonyl (C=S) groups is 1. The van der Waals surface area contributed by atoms with Crippen LogP contribution in [0.25, 0.3) is 0 Å². The van der Waals surface area contributed by atoms with Crippen LogP contribution in [0.3, 0.4) is 0 Å². The molecule has 0 aliphatic rings. The molecule has 0 bridgehead atoms. The first-order valence-corrected chi connectivity index (χ1v) is 4.61. The first-order chi connectivity index (χ1) is 5.66. The lowest BCUT2D eigenvalue weighted by molar-refractivity contribution is 0.0395. The smallest absolute Gasteiger partial charge is 0.0836 e. The van der Waals surface area contributed by atoms with E-state index in [2.05, 4.69) is 19.1 Å². The summed E-state index contributed by atoms with van der Waals surface area (Å²) in [5, 5.41) is 9.23. The fraction of sp³-hybridized carbons (Fsp3) is 0.875. The Labute approximate surface area is 78.9 Å². The Bertz CT molecular complexity index is 130. The van der Waals surface area contributed by atoms with E-state index < -0.39 is 6.10 Å². The minimum atomic E-state index is -0.542. The van der Waals surface area contributed by atoms with Crippen LogP contribution in [-0.2, 0) is 4.74 Å². The van der Waals surface area contributed by atoms with Gasteiger partial charge in [0.25, 0.3) is 0 Å². The Balaban J connectivity index is 3.19. The van der Waals surface area contributed by atoms with Crippen molar-refractivity contribution >= 4 is 17.2 Å². The van der Waals surface area contributed by atoms with E-state index >= 15 is 0 Å². The fourth-order valence-corrected chi connectivity index (χ4v) is 0.949. The van der Waals surface area contributed by atoms with Crippen LogP contribution in [0.1, 0.15) is 26.2 Å². The summed E-state index contributed by atoms with van der Waals surface area (Å²) in [5.41, 5.74) is 5.24. The first-order valence-electron chi connectivity index (χ1n) is 4.21. The van der Waals surface area contributed by atoms with E-state index in [-0.39, 0.29) is 0 Å². The van der Waals surface area contributed by atoms with Crippen molar-refractivity contribution in [1.29, 1.82) is 0 Å². The lowest BCUT2D eigenvalue weighted by atomic mass is 10.3. The molecule has 1 atom stereocenters. The first kappa shape index (κ1) is 11.8. The van der Waals surface area contributed by atoms with Crippen LogP contribution in [0.15, 0.2) is 0 Å². The van der Waals surface area contributed by atoms with Gasteiger partial charge in [0, 0.05) is 13.0 Å². The zero-order chi connectivity index (χ0) is 9.40. The van der Waals surface area contributed by atoms with E-state index in [0.717, 1.165) is 12.8 Å². The van der Waals surface area contributed by atoms with Gasteiger partial charge in [-0.25, -0.2) is 0 Å². The van der Waals surface area contributed by atoms with Crippen molar-refractivity contribution in [3.05, 3.63) is 0 Å². The zero-order valence-corrected chi connectivity index (χ0v) is 8.27. The summed E-state index contributed by atoms with van der Waals surface area (Å²) in [6.07, 6.45) is 1.94. The van der Waals surface area contributed by atoms with Gasteiger partial charge in [0.15, 0.2) is 0 Å². The predicted octanol–water partition coefficient (Wildman–Crippen LogP) is 0.840. The number of unbranched alkanes of at least 4 members (excludes halogenated alkanes) is 1. The Morgan fingerprint density at radius 1 is 1.67 bits per heavy atom. The van der Waals surface area contributed by atoms with Gasteiger partial charge in [-0.3, -0.25) is 0 Å². The third kappa shape index (κ3) is 7.91. The number of rotatable bonds is 7. The van der Waals surface area contributed by atoms with Crippen molar-refractivity contribution in [2.75, 3.05) is 13.2 Å². The molecule has 0 aliphatic carbocycles. The summed E-state index contributed by atoms with van der Waals surface area (Å²) in [5.74, 6) is 0. The molecule has 0 heterocycles. The second kappa shape index (κ2) is 7.46. The molecule has 0 aromatic rings. The maximum atomic E-state index is 9.23. The van der Waals surface area contributed by atoms with Crippen molar-refractivity contribution in [3.8, 4) is 0 Å². The number of aliphatic hydroxyl groups is 1. The largest absolute Gasteiger partial charge is 0.393 e. The molecule has 0 aromatic carbocycles. The van der Waals surface area contributed by atoms with E-state index in [9.17, 15) is 5.11 Å².